The average Bonchev–Trinajstić information content (AvgIpc) is 2.36. The van der Waals surface area contributed by atoms with E-state index in [1.807, 2.05) is 13.8 Å². The quantitative estimate of drug-likeness (QED) is 0.901. The second-order valence-electron chi connectivity index (χ2n) is 4.39. The summed E-state index contributed by atoms with van der Waals surface area (Å²) >= 11 is 0. The van der Waals surface area contributed by atoms with Crippen LogP contribution in [-0.4, -0.2) is 10.1 Å². The molecule has 1 aromatic carbocycles. The molecule has 1 aromatic heterocycles. The second-order valence-corrected chi connectivity index (χ2v) is 4.39. The molecule has 1 N–H and O–H groups in total. The molecular weight excluding hydrogens is 229 g/mol. The van der Waals surface area contributed by atoms with Crippen molar-refractivity contribution < 1.29 is 9.50 Å². The summed E-state index contributed by atoms with van der Waals surface area (Å²) in [5.74, 6) is -0.323. The molecule has 0 saturated carbocycles. The summed E-state index contributed by atoms with van der Waals surface area (Å²) in [6.07, 6.45) is 3.36. The lowest BCUT2D eigenvalue weighted by atomic mass is 9.96. The van der Waals surface area contributed by atoms with Gasteiger partial charge in [-0.3, -0.25) is 4.98 Å². The van der Waals surface area contributed by atoms with Gasteiger partial charge < -0.3 is 5.11 Å². The Morgan fingerprint density at radius 3 is 2.78 bits per heavy atom. The van der Waals surface area contributed by atoms with Crippen molar-refractivity contribution in [3.8, 4) is 0 Å². The fourth-order valence-electron chi connectivity index (χ4n) is 2.10. The number of nitrogens with zero attached hydrogens (tertiary/aromatic N) is 1. The molecule has 94 valence electrons. The van der Waals surface area contributed by atoms with Crippen LogP contribution in [0.25, 0.3) is 0 Å². The molecular formula is C15H16FNO. The topological polar surface area (TPSA) is 33.1 Å². The number of benzene rings is 1. The molecule has 0 aliphatic heterocycles. The summed E-state index contributed by atoms with van der Waals surface area (Å²) in [4.78, 5) is 4.04. The van der Waals surface area contributed by atoms with E-state index in [0.29, 0.717) is 5.56 Å². The molecule has 2 aromatic rings. The molecule has 0 aliphatic rings. The highest BCUT2D eigenvalue weighted by Crippen LogP contribution is 2.26. The third-order valence-corrected chi connectivity index (χ3v) is 3.00. The van der Waals surface area contributed by atoms with E-state index in [-0.39, 0.29) is 5.82 Å². The molecule has 2 nitrogen and oxygen atoms in total. The highest BCUT2D eigenvalue weighted by molar-refractivity contribution is 5.35. The average molecular weight is 245 g/mol. The Balaban J connectivity index is 2.44. The van der Waals surface area contributed by atoms with Crippen molar-refractivity contribution in [1.82, 2.24) is 4.98 Å². The first-order valence-electron chi connectivity index (χ1n) is 5.99. The van der Waals surface area contributed by atoms with Gasteiger partial charge in [0, 0.05) is 12.4 Å². The summed E-state index contributed by atoms with van der Waals surface area (Å²) in [5, 5.41) is 10.4. The predicted octanol–water partition coefficient (Wildman–Crippen LogP) is 3.17. The second kappa shape index (κ2) is 5.27. The smallest absolute Gasteiger partial charge is 0.123 e. The van der Waals surface area contributed by atoms with Gasteiger partial charge in [-0.05, 0) is 53.8 Å². The van der Waals surface area contributed by atoms with Gasteiger partial charge in [-0.25, -0.2) is 4.39 Å². The van der Waals surface area contributed by atoms with E-state index < -0.39 is 6.10 Å². The van der Waals surface area contributed by atoms with Crippen molar-refractivity contribution in [1.29, 1.82) is 0 Å². The molecule has 3 heteroatoms. The van der Waals surface area contributed by atoms with Crippen LogP contribution in [0.1, 0.15) is 35.3 Å². The van der Waals surface area contributed by atoms with E-state index in [9.17, 15) is 9.50 Å². The van der Waals surface area contributed by atoms with Gasteiger partial charge in [0.25, 0.3) is 0 Å². The Morgan fingerprint density at radius 1 is 1.33 bits per heavy atom. The number of rotatable bonds is 3. The molecule has 0 fully saturated rings. The number of aromatic nitrogens is 1. The number of aliphatic hydroxyl groups excluding tert-OH is 1. The minimum atomic E-state index is -0.808. The van der Waals surface area contributed by atoms with Gasteiger partial charge in [-0.1, -0.05) is 13.0 Å². The largest absolute Gasteiger partial charge is 0.384 e. The Labute approximate surface area is 106 Å². The monoisotopic (exact) mass is 245 g/mol. The van der Waals surface area contributed by atoms with Gasteiger partial charge >= 0.3 is 0 Å². The van der Waals surface area contributed by atoms with Gasteiger partial charge in [-0.2, -0.15) is 0 Å². The van der Waals surface area contributed by atoms with Crippen molar-refractivity contribution in [2.45, 2.75) is 26.4 Å². The first-order valence-corrected chi connectivity index (χ1v) is 5.99. The molecule has 1 unspecified atom stereocenters. The summed E-state index contributed by atoms with van der Waals surface area (Å²) in [6, 6.07) is 6.40. The van der Waals surface area contributed by atoms with E-state index in [1.54, 1.807) is 24.5 Å². The molecule has 0 radical (unpaired) electrons. The van der Waals surface area contributed by atoms with Gasteiger partial charge in [-0.15, -0.1) is 0 Å². The standard InChI is InChI=1S/C15H16FNO/c1-3-11-9-17-5-4-14(11)15(18)12-6-10(2)7-13(16)8-12/h4-9,15,18H,3H2,1-2H3. The number of hydrogen-bond acceptors (Lipinski definition) is 2. The van der Waals surface area contributed by atoms with E-state index in [1.165, 1.54) is 12.1 Å². The van der Waals surface area contributed by atoms with Crippen molar-refractivity contribution >= 4 is 0 Å². The Kier molecular flexibility index (Phi) is 3.72. The zero-order valence-corrected chi connectivity index (χ0v) is 10.5. The zero-order valence-electron chi connectivity index (χ0n) is 10.5. The van der Waals surface area contributed by atoms with Crippen LogP contribution in [0.2, 0.25) is 0 Å². The van der Waals surface area contributed by atoms with E-state index in [0.717, 1.165) is 23.1 Å². The number of pyridine rings is 1. The minimum absolute atomic E-state index is 0.323. The molecule has 0 saturated heterocycles. The number of halogens is 1. The van der Waals surface area contributed by atoms with Gasteiger partial charge in [0.1, 0.15) is 11.9 Å². The third-order valence-electron chi connectivity index (χ3n) is 3.00. The lowest BCUT2D eigenvalue weighted by Gasteiger charge is -2.15. The molecule has 0 aliphatic carbocycles. The summed E-state index contributed by atoms with van der Waals surface area (Å²) in [7, 11) is 0. The molecule has 0 bridgehead atoms. The molecule has 2 rings (SSSR count). The molecule has 18 heavy (non-hydrogen) atoms. The van der Waals surface area contributed by atoms with Crippen LogP contribution >= 0.6 is 0 Å². The molecule has 0 amide bonds. The summed E-state index contributed by atoms with van der Waals surface area (Å²) in [5.41, 5.74) is 3.15. The molecule has 0 spiro atoms. The summed E-state index contributed by atoms with van der Waals surface area (Å²) in [6.45, 7) is 3.82. The number of hydrogen-bond donors (Lipinski definition) is 1. The lowest BCUT2D eigenvalue weighted by Crippen LogP contribution is -2.04. The molecule has 1 atom stereocenters. The van der Waals surface area contributed by atoms with E-state index in [4.69, 9.17) is 0 Å². The first-order chi connectivity index (χ1) is 8.61. The van der Waals surface area contributed by atoms with E-state index >= 15 is 0 Å². The van der Waals surface area contributed by atoms with Gasteiger partial charge in [0.05, 0.1) is 0 Å². The number of aliphatic hydroxyl groups is 1. The number of aryl methyl sites for hydroxylation is 2. The fraction of sp³-hybridized carbons (Fsp3) is 0.267. The maximum Gasteiger partial charge on any atom is 0.123 e. The van der Waals surface area contributed by atoms with Crippen molar-refractivity contribution in [3.05, 3.63) is 64.7 Å². The Bertz CT molecular complexity index is 534. The Hall–Kier alpha value is -1.74. The zero-order chi connectivity index (χ0) is 13.1. The maximum atomic E-state index is 13.4. The summed E-state index contributed by atoms with van der Waals surface area (Å²) < 4.78 is 13.4. The van der Waals surface area contributed by atoms with E-state index in [2.05, 4.69) is 4.98 Å². The SMILES string of the molecule is CCc1cnccc1C(O)c1cc(C)cc(F)c1. The maximum absolute atomic E-state index is 13.4. The van der Waals surface area contributed by atoms with Crippen molar-refractivity contribution in [3.63, 3.8) is 0 Å². The fourth-order valence-corrected chi connectivity index (χ4v) is 2.10. The highest BCUT2D eigenvalue weighted by atomic mass is 19.1. The minimum Gasteiger partial charge on any atom is -0.384 e. The third kappa shape index (κ3) is 2.57. The van der Waals surface area contributed by atoms with Gasteiger partial charge in [0.2, 0.25) is 0 Å². The van der Waals surface area contributed by atoms with Gasteiger partial charge in [0.15, 0.2) is 0 Å². The molecule has 1 heterocycles. The van der Waals surface area contributed by atoms with Crippen LogP contribution in [0.15, 0.2) is 36.7 Å². The first kappa shape index (κ1) is 12.7. The van der Waals surface area contributed by atoms with Crippen LogP contribution in [0, 0.1) is 12.7 Å². The normalized spacial score (nSPS) is 12.4. The Morgan fingerprint density at radius 2 is 2.11 bits per heavy atom. The van der Waals surface area contributed by atoms with Crippen LogP contribution in [0.5, 0.6) is 0 Å². The lowest BCUT2D eigenvalue weighted by molar-refractivity contribution is 0.218. The predicted molar refractivity (Wildman–Crippen MR) is 68.8 cm³/mol. The van der Waals surface area contributed by atoms with Crippen molar-refractivity contribution in [2.24, 2.45) is 0 Å². The van der Waals surface area contributed by atoms with Crippen LogP contribution in [-0.2, 0) is 6.42 Å². The van der Waals surface area contributed by atoms with Crippen LogP contribution < -0.4 is 0 Å². The van der Waals surface area contributed by atoms with Crippen molar-refractivity contribution in [2.75, 3.05) is 0 Å². The van der Waals surface area contributed by atoms with Crippen LogP contribution in [0.4, 0.5) is 4.39 Å². The van der Waals surface area contributed by atoms with Crippen LogP contribution in [0.3, 0.4) is 0 Å². The highest BCUT2D eigenvalue weighted by Gasteiger charge is 2.14.